The molecule has 0 bridgehead atoms. The molecule has 1 atom stereocenters. The summed E-state index contributed by atoms with van der Waals surface area (Å²) in [7, 11) is 2.87. The Hall–Kier alpha value is -1.27. The highest BCUT2D eigenvalue weighted by Gasteiger charge is 2.16. The first-order valence-corrected chi connectivity index (χ1v) is 9.07. The van der Waals surface area contributed by atoms with E-state index >= 15 is 0 Å². The molecule has 0 aliphatic carbocycles. The Bertz CT molecular complexity index is 471. The van der Waals surface area contributed by atoms with Crippen LogP contribution in [0.2, 0.25) is 0 Å². The maximum atomic E-state index is 10.3. The van der Waals surface area contributed by atoms with Crippen LogP contribution in [0.3, 0.4) is 0 Å². The highest BCUT2D eigenvalue weighted by Crippen LogP contribution is 2.25. The lowest BCUT2D eigenvalue weighted by molar-refractivity contribution is -0.788. The third kappa shape index (κ3) is 7.92. The predicted octanol–water partition coefficient (Wildman–Crippen LogP) is 2.16. The zero-order chi connectivity index (χ0) is 15.7. The van der Waals surface area contributed by atoms with Gasteiger partial charge in [-0.15, -0.1) is 31.6 Å². The van der Waals surface area contributed by atoms with Gasteiger partial charge in [0, 0.05) is 16.4 Å². The summed E-state index contributed by atoms with van der Waals surface area (Å²) >= 11 is 1.59. The van der Waals surface area contributed by atoms with Gasteiger partial charge in [0.05, 0.1) is 11.2 Å². The van der Waals surface area contributed by atoms with Crippen LogP contribution in [-0.2, 0) is 16.1 Å². The van der Waals surface area contributed by atoms with Crippen LogP contribution in [0.4, 0.5) is 0 Å². The fourth-order valence-corrected chi connectivity index (χ4v) is 4.33. The fraction of sp³-hybridized carbons (Fsp3) is 0.667. The van der Waals surface area contributed by atoms with Gasteiger partial charge in [-0.3, -0.25) is 0 Å². The summed E-state index contributed by atoms with van der Waals surface area (Å²) in [6, 6.07) is 0. The highest BCUT2D eigenvalue weighted by atomic mass is 33.1. The van der Waals surface area contributed by atoms with E-state index in [0.717, 1.165) is 17.9 Å². The summed E-state index contributed by atoms with van der Waals surface area (Å²) in [5, 5.41) is 18.4. The molecule has 0 spiro atoms. The lowest BCUT2D eigenvalue weighted by Crippen LogP contribution is -2.26. The zero-order valence-electron chi connectivity index (χ0n) is 11.0. The van der Waals surface area contributed by atoms with Crippen molar-refractivity contribution in [2.75, 3.05) is 18.1 Å². The van der Waals surface area contributed by atoms with E-state index in [1.54, 1.807) is 16.8 Å². The lowest BCUT2D eigenvalue weighted by Gasteiger charge is -2.12. The molecule has 0 saturated heterocycles. The molecule has 1 heterocycles. The van der Waals surface area contributed by atoms with E-state index in [4.69, 9.17) is 0 Å². The van der Waals surface area contributed by atoms with Gasteiger partial charge in [0.15, 0.2) is 0 Å². The Balaban J connectivity index is 2.21. The summed E-state index contributed by atoms with van der Waals surface area (Å²) in [6.07, 6.45) is -0.103. The zero-order valence-corrected chi connectivity index (χ0v) is 13.4. The van der Waals surface area contributed by atoms with Crippen LogP contribution in [0, 0.1) is 27.2 Å². The maximum Gasteiger partial charge on any atom is 0.294 e. The van der Waals surface area contributed by atoms with Gasteiger partial charge in [-0.2, -0.15) is 0 Å². The van der Waals surface area contributed by atoms with Crippen LogP contribution in [-0.4, -0.2) is 39.4 Å². The predicted molar refractivity (Wildman–Crippen MR) is 80.3 cm³/mol. The molecular weight excluding hydrogens is 342 g/mol. The van der Waals surface area contributed by atoms with Crippen molar-refractivity contribution >= 4 is 32.9 Å². The van der Waals surface area contributed by atoms with Crippen molar-refractivity contribution in [3.63, 3.8) is 0 Å². The molecule has 0 aromatic carbocycles. The Kier molecular flexibility index (Phi) is 8.15. The Morgan fingerprint density at radius 3 is 2.71 bits per heavy atom. The highest BCUT2D eigenvalue weighted by molar-refractivity contribution is 8.76. The number of rotatable bonds is 11. The minimum Gasteiger partial charge on any atom is -0.312 e. The topological polar surface area (TPSA) is 118 Å². The van der Waals surface area contributed by atoms with Gasteiger partial charge in [0.2, 0.25) is 0 Å². The molecule has 1 aromatic heterocycles. The van der Waals surface area contributed by atoms with Crippen molar-refractivity contribution in [2.45, 2.75) is 19.4 Å². The van der Waals surface area contributed by atoms with Gasteiger partial charge in [0.1, 0.15) is 12.7 Å². The van der Waals surface area contributed by atoms with Crippen molar-refractivity contribution in [3.05, 3.63) is 36.3 Å². The van der Waals surface area contributed by atoms with Crippen LogP contribution in [0.5, 0.6) is 0 Å². The average molecular weight is 355 g/mol. The molecule has 1 aromatic rings. The van der Waals surface area contributed by atoms with E-state index in [0.29, 0.717) is 0 Å². The molecule has 0 fully saturated rings. The van der Waals surface area contributed by atoms with Crippen LogP contribution in [0.25, 0.3) is 0 Å². The summed E-state index contributed by atoms with van der Waals surface area (Å²) in [5.74, 6) is 1.04. The van der Waals surface area contributed by atoms with Crippen molar-refractivity contribution in [2.24, 2.45) is 0 Å². The van der Waals surface area contributed by atoms with Gasteiger partial charge < -0.3 is 9.68 Å². The largest absolute Gasteiger partial charge is 0.312 e. The summed E-state index contributed by atoms with van der Waals surface area (Å²) < 4.78 is 0. The van der Waals surface area contributed by atoms with Crippen LogP contribution >= 0.6 is 32.9 Å². The standard InChI is InChI=1S/C9H13N3O6S3/c1-7-9(19-6-10-7)2-3-20-21-5-8(18-12(15)16)4-17-11(13)14/h6,8H,2-5H2,1H3. The Labute approximate surface area is 132 Å². The minimum absolute atomic E-state index is 0.223. The minimum atomic E-state index is -0.999. The lowest BCUT2D eigenvalue weighted by atomic mass is 10.3. The summed E-state index contributed by atoms with van der Waals surface area (Å²) in [4.78, 5) is 34.1. The number of thiazole rings is 1. The van der Waals surface area contributed by atoms with E-state index in [1.165, 1.54) is 26.5 Å². The molecule has 1 rings (SSSR count). The molecule has 0 aliphatic heterocycles. The molecule has 21 heavy (non-hydrogen) atoms. The second-order valence-corrected chi connectivity index (χ2v) is 7.25. The molecule has 0 amide bonds. The molecule has 12 heteroatoms. The van der Waals surface area contributed by atoms with E-state index in [1.807, 2.05) is 6.92 Å². The van der Waals surface area contributed by atoms with Crippen molar-refractivity contribution < 1.29 is 19.8 Å². The molecule has 0 N–H and O–H groups in total. The van der Waals surface area contributed by atoms with Crippen molar-refractivity contribution in [1.29, 1.82) is 0 Å². The number of nitrogens with zero attached hydrogens (tertiary/aromatic N) is 3. The van der Waals surface area contributed by atoms with E-state index < -0.39 is 22.9 Å². The maximum absolute atomic E-state index is 10.3. The third-order valence-electron chi connectivity index (χ3n) is 2.20. The monoisotopic (exact) mass is 355 g/mol. The first kappa shape index (κ1) is 17.8. The molecule has 9 nitrogen and oxygen atoms in total. The van der Waals surface area contributed by atoms with E-state index in [2.05, 4.69) is 14.7 Å². The first-order chi connectivity index (χ1) is 9.99. The number of hydrogen-bond acceptors (Lipinski definition) is 10. The van der Waals surface area contributed by atoms with Crippen LogP contribution < -0.4 is 0 Å². The van der Waals surface area contributed by atoms with E-state index in [-0.39, 0.29) is 5.75 Å². The van der Waals surface area contributed by atoms with Crippen LogP contribution in [0.1, 0.15) is 10.6 Å². The van der Waals surface area contributed by atoms with Gasteiger partial charge in [-0.25, -0.2) is 4.98 Å². The number of hydrogen-bond donors (Lipinski definition) is 0. The van der Waals surface area contributed by atoms with Crippen LogP contribution in [0.15, 0.2) is 5.51 Å². The smallest absolute Gasteiger partial charge is 0.294 e. The van der Waals surface area contributed by atoms with Gasteiger partial charge in [-0.1, -0.05) is 21.6 Å². The Morgan fingerprint density at radius 2 is 2.14 bits per heavy atom. The summed E-state index contributed by atoms with van der Waals surface area (Å²) in [5.41, 5.74) is 2.80. The van der Waals surface area contributed by atoms with Gasteiger partial charge >= 0.3 is 0 Å². The fourth-order valence-electron chi connectivity index (χ4n) is 1.26. The normalized spacial score (nSPS) is 11.9. The summed E-state index contributed by atoms with van der Waals surface area (Å²) in [6.45, 7) is 1.48. The third-order valence-corrected chi connectivity index (χ3v) is 5.64. The SMILES string of the molecule is Cc1ncsc1CCSSCC(CO[N+](=O)[O-])O[N+](=O)[O-]. The van der Waals surface area contributed by atoms with Gasteiger partial charge in [-0.05, 0) is 13.3 Å². The van der Waals surface area contributed by atoms with Crippen molar-refractivity contribution in [3.8, 4) is 0 Å². The van der Waals surface area contributed by atoms with Gasteiger partial charge in [0.25, 0.3) is 10.2 Å². The second-order valence-electron chi connectivity index (χ2n) is 3.69. The molecule has 0 radical (unpaired) electrons. The number of aromatic nitrogens is 1. The molecule has 118 valence electrons. The molecule has 0 saturated carbocycles. The quantitative estimate of drug-likeness (QED) is 0.254. The Morgan fingerprint density at radius 1 is 1.38 bits per heavy atom. The molecule has 1 unspecified atom stereocenters. The van der Waals surface area contributed by atoms with E-state index in [9.17, 15) is 20.2 Å². The first-order valence-electron chi connectivity index (χ1n) is 5.71. The average Bonchev–Trinajstić information content (AvgIpc) is 2.80. The second kappa shape index (κ2) is 9.63. The molecule has 0 aliphatic rings. The van der Waals surface area contributed by atoms with Crippen molar-refractivity contribution in [1.82, 2.24) is 4.98 Å². The molecular formula is C9H13N3O6S3. The number of aryl methyl sites for hydroxylation is 2.